The molecule has 1 aromatic carbocycles. The van der Waals surface area contributed by atoms with Gasteiger partial charge in [0.1, 0.15) is 5.75 Å². The van der Waals surface area contributed by atoms with Gasteiger partial charge in [0.2, 0.25) is 0 Å². The summed E-state index contributed by atoms with van der Waals surface area (Å²) in [6.07, 6.45) is 1.12. The van der Waals surface area contributed by atoms with E-state index in [2.05, 4.69) is 11.4 Å². The van der Waals surface area contributed by atoms with Crippen molar-refractivity contribution in [3.63, 3.8) is 0 Å². The molecule has 3 heterocycles. The van der Waals surface area contributed by atoms with Crippen LogP contribution < -0.4 is 21.3 Å². The largest absolute Gasteiger partial charge is 0.496 e. The highest BCUT2D eigenvalue weighted by atomic mass is 16.5. The van der Waals surface area contributed by atoms with E-state index in [0.29, 0.717) is 23.1 Å². The number of aromatic nitrogens is 1. The maximum absolute atomic E-state index is 12.7. The molecule has 0 saturated carbocycles. The molecule has 2 aliphatic rings. The Labute approximate surface area is 168 Å². The van der Waals surface area contributed by atoms with E-state index >= 15 is 0 Å². The van der Waals surface area contributed by atoms with Crippen LogP contribution in [-0.4, -0.2) is 41.7 Å². The summed E-state index contributed by atoms with van der Waals surface area (Å²) in [7, 11) is 1.50. The first kappa shape index (κ1) is 20.6. The Balaban J connectivity index is 0.000000552. The van der Waals surface area contributed by atoms with Crippen molar-refractivity contribution < 1.29 is 19.4 Å². The molecule has 2 aromatic rings. The maximum atomic E-state index is 12.7. The van der Waals surface area contributed by atoms with Crippen molar-refractivity contribution in [2.24, 2.45) is 11.7 Å². The molecule has 2 bridgehead atoms. The average molecular weight is 399 g/mol. The number of fused-ring (bicyclic) bond motifs is 4. The third-order valence-corrected chi connectivity index (χ3v) is 5.26. The molecule has 8 heteroatoms. The second-order valence-electron chi connectivity index (χ2n) is 7.37. The highest BCUT2D eigenvalue weighted by Gasteiger charge is 2.31. The molecule has 1 fully saturated rings. The van der Waals surface area contributed by atoms with Gasteiger partial charge in [0.05, 0.1) is 12.7 Å². The van der Waals surface area contributed by atoms with E-state index in [4.69, 9.17) is 20.4 Å². The fourth-order valence-corrected chi connectivity index (χ4v) is 4.05. The SMILES string of the molecule is CC(=O)O.COc1ccc(-c2cc3n(c(=O)c2)C[C@@H]2CNC[C@H]3C2)cc1C(N)=O. The minimum atomic E-state index is -0.833. The summed E-state index contributed by atoms with van der Waals surface area (Å²) >= 11 is 0. The Kier molecular flexibility index (Phi) is 6.03. The van der Waals surface area contributed by atoms with Crippen molar-refractivity contribution in [2.75, 3.05) is 20.2 Å². The number of nitrogens with zero attached hydrogens (tertiary/aromatic N) is 1. The first-order chi connectivity index (χ1) is 13.8. The zero-order valence-electron chi connectivity index (χ0n) is 16.5. The number of ether oxygens (including phenoxy) is 1. The number of benzene rings is 1. The zero-order chi connectivity index (χ0) is 21.1. The van der Waals surface area contributed by atoms with Gasteiger partial charge in [-0.15, -0.1) is 0 Å². The van der Waals surface area contributed by atoms with Gasteiger partial charge in [-0.25, -0.2) is 0 Å². The number of aliphatic carboxylic acids is 1. The lowest BCUT2D eigenvalue weighted by Crippen LogP contribution is -2.44. The van der Waals surface area contributed by atoms with Crippen LogP contribution in [0.1, 0.15) is 35.3 Å². The second kappa shape index (κ2) is 8.48. The smallest absolute Gasteiger partial charge is 0.300 e. The van der Waals surface area contributed by atoms with E-state index in [1.54, 1.807) is 18.2 Å². The number of carboxylic acid groups (broad SMARTS) is 1. The van der Waals surface area contributed by atoms with Crippen molar-refractivity contribution in [3.05, 3.63) is 51.9 Å². The van der Waals surface area contributed by atoms with Gasteiger partial charge in [0, 0.05) is 37.7 Å². The Morgan fingerprint density at radius 3 is 2.59 bits per heavy atom. The molecule has 1 aromatic heterocycles. The van der Waals surface area contributed by atoms with Crippen molar-refractivity contribution in [3.8, 4) is 16.9 Å². The predicted molar refractivity (Wildman–Crippen MR) is 108 cm³/mol. The van der Waals surface area contributed by atoms with Crippen LogP contribution in [-0.2, 0) is 11.3 Å². The minimum Gasteiger partial charge on any atom is -0.496 e. The molecule has 1 saturated heterocycles. The third kappa shape index (κ3) is 4.48. The number of hydrogen-bond donors (Lipinski definition) is 3. The number of primary amides is 1. The fraction of sp³-hybridized carbons (Fsp3) is 0.381. The Hall–Kier alpha value is -3.13. The molecule has 1 amide bonds. The molecule has 29 heavy (non-hydrogen) atoms. The molecule has 4 N–H and O–H groups in total. The number of rotatable bonds is 3. The number of nitrogens with one attached hydrogen (secondary N) is 1. The fourth-order valence-electron chi connectivity index (χ4n) is 4.05. The van der Waals surface area contributed by atoms with E-state index in [1.807, 2.05) is 10.6 Å². The van der Waals surface area contributed by atoms with E-state index < -0.39 is 11.9 Å². The van der Waals surface area contributed by atoms with Crippen molar-refractivity contribution in [1.82, 2.24) is 9.88 Å². The molecule has 2 aliphatic heterocycles. The normalized spacial score (nSPS) is 19.4. The molecule has 8 nitrogen and oxygen atoms in total. The minimum absolute atomic E-state index is 0.0144. The lowest BCUT2D eigenvalue weighted by atomic mass is 9.83. The standard InChI is InChI=1S/C19H21N3O3.C2H4O2/c1-25-17-3-2-12(5-15(17)19(20)24)13-6-16-14-4-11(8-21-9-14)10-22(16)18(23)7-13;1-2(3)4/h2-3,5-7,11,14,21H,4,8-10H2,1H3,(H2,20,24);1H3,(H,3,4)/t11-,14+;/m0./s1. The number of carboxylic acids is 1. The lowest BCUT2D eigenvalue weighted by molar-refractivity contribution is -0.134. The number of hydrogen-bond acceptors (Lipinski definition) is 5. The lowest BCUT2D eigenvalue weighted by Gasteiger charge is -2.37. The van der Waals surface area contributed by atoms with Crippen molar-refractivity contribution >= 4 is 11.9 Å². The average Bonchev–Trinajstić information content (AvgIpc) is 2.68. The van der Waals surface area contributed by atoms with Crippen LogP contribution in [0.25, 0.3) is 11.1 Å². The first-order valence-corrected chi connectivity index (χ1v) is 9.43. The van der Waals surface area contributed by atoms with E-state index in [-0.39, 0.29) is 5.56 Å². The molecule has 154 valence electrons. The number of amides is 1. The van der Waals surface area contributed by atoms with E-state index in [0.717, 1.165) is 49.8 Å². The van der Waals surface area contributed by atoms with Crippen LogP contribution in [0.4, 0.5) is 0 Å². The number of piperidine rings is 1. The molecular formula is C21H25N3O5. The highest BCUT2D eigenvalue weighted by molar-refractivity contribution is 5.97. The molecule has 0 aliphatic carbocycles. The second-order valence-corrected chi connectivity index (χ2v) is 7.37. The quantitative estimate of drug-likeness (QED) is 0.717. The zero-order valence-corrected chi connectivity index (χ0v) is 16.5. The van der Waals surface area contributed by atoms with Crippen LogP contribution in [0.2, 0.25) is 0 Å². The third-order valence-electron chi connectivity index (χ3n) is 5.26. The van der Waals surface area contributed by atoms with E-state index in [9.17, 15) is 9.59 Å². The summed E-state index contributed by atoms with van der Waals surface area (Å²) in [6, 6.07) is 8.97. The molecule has 4 rings (SSSR count). The van der Waals surface area contributed by atoms with Crippen molar-refractivity contribution in [2.45, 2.75) is 25.8 Å². The first-order valence-electron chi connectivity index (χ1n) is 9.43. The van der Waals surface area contributed by atoms with Crippen LogP contribution in [0.3, 0.4) is 0 Å². The van der Waals surface area contributed by atoms with Crippen LogP contribution >= 0.6 is 0 Å². The van der Waals surface area contributed by atoms with Gasteiger partial charge in [0.25, 0.3) is 17.4 Å². The number of nitrogens with two attached hydrogens (primary N) is 1. The van der Waals surface area contributed by atoms with Crippen LogP contribution in [0.15, 0.2) is 35.1 Å². The monoisotopic (exact) mass is 399 g/mol. The maximum Gasteiger partial charge on any atom is 0.300 e. The van der Waals surface area contributed by atoms with Crippen LogP contribution in [0.5, 0.6) is 5.75 Å². The van der Waals surface area contributed by atoms with Gasteiger partial charge in [-0.05, 0) is 48.2 Å². The van der Waals surface area contributed by atoms with Gasteiger partial charge in [0.15, 0.2) is 0 Å². The van der Waals surface area contributed by atoms with Gasteiger partial charge in [-0.2, -0.15) is 0 Å². The summed E-state index contributed by atoms with van der Waals surface area (Å²) in [4.78, 5) is 33.3. The molecule has 0 radical (unpaired) electrons. The van der Waals surface area contributed by atoms with Gasteiger partial charge in [-0.1, -0.05) is 6.07 Å². The van der Waals surface area contributed by atoms with Gasteiger partial charge in [-0.3, -0.25) is 14.4 Å². The summed E-state index contributed by atoms with van der Waals surface area (Å²) in [6.45, 7) is 3.73. The Morgan fingerprint density at radius 2 is 1.93 bits per heavy atom. The summed E-state index contributed by atoms with van der Waals surface area (Å²) < 4.78 is 7.10. The Bertz CT molecular complexity index is 994. The molecule has 0 spiro atoms. The van der Waals surface area contributed by atoms with E-state index in [1.165, 1.54) is 7.11 Å². The summed E-state index contributed by atoms with van der Waals surface area (Å²) in [5.74, 6) is -0.0655. The highest BCUT2D eigenvalue weighted by Crippen LogP contribution is 2.34. The van der Waals surface area contributed by atoms with Crippen LogP contribution in [0, 0.1) is 5.92 Å². The molecular weight excluding hydrogens is 374 g/mol. The van der Waals surface area contributed by atoms with Gasteiger partial charge < -0.3 is 25.5 Å². The predicted octanol–water partition coefficient (Wildman–Crippen LogP) is 1.42. The number of methoxy groups -OCH3 is 1. The van der Waals surface area contributed by atoms with Gasteiger partial charge >= 0.3 is 0 Å². The molecule has 0 unspecified atom stereocenters. The number of pyridine rings is 1. The summed E-state index contributed by atoms with van der Waals surface area (Å²) in [5, 5.41) is 10.9. The number of carbonyl (C=O) groups excluding carboxylic acids is 1. The molecule has 2 atom stereocenters. The Morgan fingerprint density at radius 1 is 1.21 bits per heavy atom. The van der Waals surface area contributed by atoms with Crippen molar-refractivity contribution in [1.29, 1.82) is 0 Å². The number of carbonyl (C=O) groups is 2. The summed E-state index contributed by atoms with van der Waals surface area (Å²) in [5.41, 5.74) is 8.46. The topological polar surface area (TPSA) is 124 Å².